The fraction of sp³-hybridized carbons (Fsp3) is 0.382. The molecule has 0 aromatic heterocycles. The number of para-hydroxylation sites is 1. The fourth-order valence-electron chi connectivity index (χ4n) is 5.45. The average Bonchev–Trinajstić information content (AvgIpc) is 3.48. The molecule has 0 heterocycles. The zero-order valence-corrected chi connectivity index (χ0v) is 24.6. The number of hydrogen-bond acceptors (Lipinski definition) is 5. The Balaban J connectivity index is 1.54. The smallest absolute Gasteiger partial charge is 0.251 e. The van der Waals surface area contributed by atoms with Gasteiger partial charge in [0.05, 0.1) is 11.1 Å². The topological polar surface area (TPSA) is 92.7 Å². The number of phenols is 1. The third-order valence-electron chi connectivity index (χ3n) is 7.71. The van der Waals surface area contributed by atoms with Gasteiger partial charge in [-0.15, -0.1) is 0 Å². The molecular formula is C34H38ClNO5. The van der Waals surface area contributed by atoms with Crippen molar-refractivity contribution in [3.63, 3.8) is 0 Å². The second-order valence-corrected chi connectivity index (χ2v) is 12.3. The number of rotatable bonds is 11. The molecule has 4 rings (SSSR count). The lowest BCUT2D eigenvalue weighted by Gasteiger charge is -2.30. The first-order chi connectivity index (χ1) is 19.5. The van der Waals surface area contributed by atoms with E-state index in [0.717, 1.165) is 25.7 Å². The van der Waals surface area contributed by atoms with Crippen LogP contribution < -0.4 is 10.1 Å². The van der Waals surface area contributed by atoms with E-state index in [9.17, 15) is 19.5 Å². The van der Waals surface area contributed by atoms with E-state index in [1.165, 1.54) is 6.07 Å². The van der Waals surface area contributed by atoms with Gasteiger partial charge < -0.3 is 15.2 Å². The van der Waals surface area contributed by atoms with Crippen LogP contribution in [-0.2, 0) is 16.0 Å². The number of benzene rings is 3. The van der Waals surface area contributed by atoms with E-state index in [0.29, 0.717) is 22.6 Å². The highest BCUT2D eigenvalue weighted by Crippen LogP contribution is 2.38. The minimum atomic E-state index is -0.875. The van der Waals surface area contributed by atoms with E-state index in [4.69, 9.17) is 16.3 Å². The molecule has 0 spiro atoms. The summed E-state index contributed by atoms with van der Waals surface area (Å²) in [6.45, 7) is 5.68. The minimum absolute atomic E-state index is 0.0581. The van der Waals surface area contributed by atoms with Gasteiger partial charge in [-0.05, 0) is 79.3 Å². The zero-order chi connectivity index (χ0) is 29.6. The van der Waals surface area contributed by atoms with Gasteiger partial charge in [0.25, 0.3) is 5.91 Å². The molecule has 3 aromatic rings. The second kappa shape index (κ2) is 13.3. The van der Waals surface area contributed by atoms with Crippen molar-refractivity contribution >= 4 is 29.1 Å². The first-order valence-corrected chi connectivity index (χ1v) is 14.6. The number of carbonyl (C=O) groups excluding carboxylic acids is 3. The molecule has 3 aromatic carbocycles. The number of ether oxygens (including phenoxy) is 1. The van der Waals surface area contributed by atoms with Crippen molar-refractivity contribution in [1.82, 2.24) is 5.32 Å². The summed E-state index contributed by atoms with van der Waals surface area (Å²) in [5.41, 5.74) is 0.503. The highest BCUT2D eigenvalue weighted by Gasteiger charge is 2.39. The maximum absolute atomic E-state index is 13.9. The van der Waals surface area contributed by atoms with Gasteiger partial charge in [-0.3, -0.25) is 14.4 Å². The summed E-state index contributed by atoms with van der Waals surface area (Å²) in [6, 6.07) is 19.9. The first kappa shape index (κ1) is 30.3. The van der Waals surface area contributed by atoms with Crippen LogP contribution in [-0.4, -0.2) is 28.6 Å². The van der Waals surface area contributed by atoms with Crippen LogP contribution in [0.3, 0.4) is 0 Å². The SMILES string of the molecule is CC(C)(C)C(=O)[C@@H](CC(=O)[C@H](Cc1ccc(O)c(Cl)c1)NC(=O)c1ccc(Oc2ccccc2)cc1)C1CCCC1. The van der Waals surface area contributed by atoms with Gasteiger partial charge in [0.15, 0.2) is 5.78 Å². The maximum Gasteiger partial charge on any atom is 0.251 e. The molecule has 1 saturated carbocycles. The van der Waals surface area contributed by atoms with Crippen molar-refractivity contribution < 1.29 is 24.2 Å². The van der Waals surface area contributed by atoms with Crippen LogP contribution in [0.4, 0.5) is 0 Å². The number of amides is 1. The van der Waals surface area contributed by atoms with Crippen LogP contribution in [0.15, 0.2) is 72.8 Å². The number of phenolic OH excluding ortho intramolecular Hbond substituents is 1. The normalized spacial score (nSPS) is 15.2. The van der Waals surface area contributed by atoms with Crippen LogP contribution in [0.5, 0.6) is 17.2 Å². The Morgan fingerprint density at radius 2 is 1.59 bits per heavy atom. The molecule has 216 valence electrons. The van der Waals surface area contributed by atoms with Gasteiger partial charge in [-0.2, -0.15) is 0 Å². The molecule has 2 atom stereocenters. The number of nitrogens with one attached hydrogen (secondary N) is 1. The summed E-state index contributed by atoms with van der Waals surface area (Å²) in [7, 11) is 0. The van der Waals surface area contributed by atoms with Crippen molar-refractivity contribution in [3.05, 3.63) is 88.9 Å². The molecule has 1 aliphatic carbocycles. The van der Waals surface area contributed by atoms with Crippen LogP contribution in [0.25, 0.3) is 0 Å². The molecule has 7 heteroatoms. The van der Waals surface area contributed by atoms with E-state index < -0.39 is 17.4 Å². The van der Waals surface area contributed by atoms with Gasteiger partial charge in [0.1, 0.15) is 23.0 Å². The highest BCUT2D eigenvalue weighted by molar-refractivity contribution is 6.32. The molecule has 2 N–H and O–H groups in total. The van der Waals surface area contributed by atoms with Gasteiger partial charge in [0.2, 0.25) is 0 Å². The lowest BCUT2D eigenvalue weighted by atomic mass is 9.73. The van der Waals surface area contributed by atoms with Gasteiger partial charge >= 0.3 is 0 Å². The second-order valence-electron chi connectivity index (χ2n) is 11.9. The summed E-state index contributed by atoms with van der Waals surface area (Å²) >= 11 is 6.13. The summed E-state index contributed by atoms with van der Waals surface area (Å²) in [6.07, 6.45) is 4.23. The molecule has 0 radical (unpaired) electrons. The monoisotopic (exact) mass is 575 g/mol. The molecule has 0 bridgehead atoms. The summed E-state index contributed by atoms with van der Waals surface area (Å²) in [5.74, 6) is 0.482. The van der Waals surface area contributed by atoms with Crippen LogP contribution in [0.1, 0.15) is 68.8 Å². The van der Waals surface area contributed by atoms with Crippen molar-refractivity contribution in [2.75, 3.05) is 0 Å². The highest BCUT2D eigenvalue weighted by atomic mass is 35.5. The molecule has 0 saturated heterocycles. The standard InChI is InChI=1S/C34H38ClNO5/c1-34(2,3)32(39)27(23-9-7-8-10-23)21-31(38)29(20-22-13-18-30(37)28(35)19-22)36-33(40)24-14-16-26(17-15-24)41-25-11-5-4-6-12-25/h4-6,11-19,23,27,29,37H,7-10,20-21H2,1-3H3,(H,36,40)/t27-,29-/m0/s1. The maximum atomic E-state index is 13.9. The predicted octanol–water partition coefficient (Wildman–Crippen LogP) is 7.56. The number of ketones is 2. The Morgan fingerprint density at radius 3 is 2.20 bits per heavy atom. The zero-order valence-electron chi connectivity index (χ0n) is 23.9. The van der Waals surface area contributed by atoms with E-state index in [1.807, 2.05) is 51.1 Å². The largest absolute Gasteiger partial charge is 0.506 e. The molecule has 1 aliphatic rings. The number of carbonyl (C=O) groups is 3. The average molecular weight is 576 g/mol. The van der Waals surface area contributed by atoms with E-state index in [-0.39, 0.29) is 47.0 Å². The molecule has 1 fully saturated rings. The van der Waals surface area contributed by atoms with Gasteiger partial charge in [-0.1, -0.05) is 69.5 Å². The Kier molecular flexibility index (Phi) is 9.87. The summed E-state index contributed by atoms with van der Waals surface area (Å²) in [5, 5.41) is 12.9. The number of hydrogen-bond donors (Lipinski definition) is 2. The Bertz CT molecular complexity index is 1360. The minimum Gasteiger partial charge on any atom is -0.506 e. The Morgan fingerprint density at radius 1 is 0.951 bits per heavy atom. The third kappa shape index (κ3) is 8.20. The van der Waals surface area contributed by atoms with Gasteiger partial charge in [0, 0.05) is 23.3 Å². The molecule has 0 aliphatic heterocycles. The van der Waals surface area contributed by atoms with Crippen molar-refractivity contribution in [2.45, 2.75) is 65.3 Å². The number of Topliss-reactive ketones (excluding diaryl/α,β-unsaturated/α-hetero) is 2. The number of halogens is 1. The lowest BCUT2D eigenvalue weighted by Crippen LogP contribution is -2.44. The van der Waals surface area contributed by atoms with Crippen molar-refractivity contribution in [2.24, 2.45) is 17.3 Å². The quantitative estimate of drug-likeness (QED) is 0.246. The molecule has 0 unspecified atom stereocenters. The van der Waals surface area contributed by atoms with Crippen molar-refractivity contribution in [3.8, 4) is 17.2 Å². The van der Waals surface area contributed by atoms with Crippen LogP contribution in [0, 0.1) is 17.3 Å². The Labute approximate surface area is 247 Å². The predicted molar refractivity (Wildman–Crippen MR) is 161 cm³/mol. The lowest BCUT2D eigenvalue weighted by molar-refractivity contribution is -0.136. The molecular weight excluding hydrogens is 538 g/mol. The third-order valence-corrected chi connectivity index (χ3v) is 8.01. The van der Waals surface area contributed by atoms with E-state index in [1.54, 1.807) is 36.4 Å². The van der Waals surface area contributed by atoms with Crippen LogP contribution >= 0.6 is 11.6 Å². The Hall–Kier alpha value is -3.64. The van der Waals surface area contributed by atoms with Gasteiger partial charge in [-0.25, -0.2) is 0 Å². The number of aromatic hydroxyl groups is 1. The first-order valence-electron chi connectivity index (χ1n) is 14.2. The molecule has 41 heavy (non-hydrogen) atoms. The summed E-state index contributed by atoms with van der Waals surface area (Å²) in [4.78, 5) is 40.7. The summed E-state index contributed by atoms with van der Waals surface area (Å²) < 4.78 is 5.82. The molecule has 1 amide bonds. The van der Waals surface area contributed by atoms with E-state index >= 15 is 0 Å². The molecule has 6 nitrogen and oxygen atoms in total. The van der Waals surface area contributed by atoms with E-state index in [2.05, 4.69) is 5.32 Å². The fourth-order valence-corrected chi connectivity index (χ4v) is 5.65. The van der Waals surface area contributed by atoms with Crippen molar-refractivity contribution in [1.29, 1.82) is 0 Å². The van der Waals surface area contributed by atoms with Crippen LogP contribution in [0.2, 0.25) is 5.02 Å².